The number of hydrogen-bond donors (Lipinski definition) is 0. The molecule has 9 aromatic carbocycles. The molecule has 0 amide bonds. The predicted octanol–water partition coefficient (Wildman–Crippen LogP) is 14.6. The van der Waals surface area contributed by atoms with Crippen LogP contribution in [0.15, 0.2) is 217 Å². The van der Waals surface area contributed by atoms with Gasteiger partial charge in [-0.15, -0.1) is 0 Å². The summed E-state index contributed by atoms with van der Waals surface area (Å²) in [7, 11) is 0. The molecule has 0 aliphatic heterocycles. The molecule has 4 aromatic heterocycles. The van der Waals surface area contributed by atoms with Gasteiger partial charge in [0.1, 0.15) is 5.58 Å². The molecule has 0 unspecified atom stereocenters. The van der Waals surface area contributed by atoms with Gasteiger partial charge in [0.05, 0.1) is 27.8 Å². The summed E-state index contributed by atoms with van der Waals surface area (Å²) in [6, 6.07) is 74.5. The Balaban J connectivity index is 0.946. The molecular formula is C57H35N5O. The maximum absolute atomic E-state index is 6.91. The van der Waals surface area contributed by atoms with Gasteiger partial charge in [-0.2, -0.15) is 0 Å². The van der Waals surface area contributed by atoms with Gasteiger partial charge in [0.15, 0.2) is 23.1 Å². The van der Waals surface area contributed by atoms with Crippen molar-refractivity contribution in [2.75, 3.05) is 0 Å². The lowest BCUT2D eigenvalue weighted by atomic mass is 10.0. The smallest absolute Gasteiger partial charge is 0.164 e. The Morgan fingerprint density at radius 1 is 0.302 bits per heavy atom. The van der Waals surface area contributed by atoms with Crippen LogP contribution in [0.1, 0.15) is 0 Å². The van der Waals surface area contributed by atoms with Crippen molar-refractivity contribution in [2.24, 2.45) is 0 Å². The number of nitrogens with zero attached hydrogens (tertiary/aromatic N) is 5. The lowest BCUT2D eigenvalue weighted by Crippen LogP contribution is -2.00. The van der Waals surface area contributed by atoms with Crippen molar-refractivity contribution in [3.05, 3.63) is 212 Å². The minimum absolute atomic E-state index is 0.588. The lowest BCUT2D eigenvalue weighted by molar-refractivity contribution is 0.666. The molecule has 0 N–H and O–H groups in total. The van der Waals surface area contributed by atoms with E-state index in [4.69, 9.17) is 19.4 Å². The van der Waals surface area contributed by atoms with Gasteiger partial charge >= 0.3 is 0 Å². The molecule has 0 saturated heterocycles. The van der Waals surface area contributed by atoms with E-state index in [1.807, 2.05) is 60.7 Å². The first kappa shape index (κ1) is 35.2. The van der Waals surface area contributed by atoms with Crippen molar-refractivity contribution in [3.63, 3.8) is 0 Å². The monoisotopic (exact) mass is 805 g/mol. The van der Waals surface area contributed by atoms with Crippen LogP contribution >= 0.6 is 0 Å². The first-order valence-electron chi connectivity index (χ1n) is 21.2. The first-order chi connectivity index (χ1) is 31.2. The molecule has 294 valence electrons. The molecule has 0 aliphatic rings. The zero-order valence-electron chi connectivity index (χ0n) is 33.9. The Morgan fingerprint density at radius 2 is 0.778 bits per heavy atom. The van der Waals surface area contributed by atoms with Crippen LogP contribution in [-0.2, 0) is 0 Å². The topological polar surface area (TPSA) is 61.7 Å². The van der Waals surface area contributed by atoms with Crippen LogP contribution in [0.2, 0.25) is 0 Å². The highest BCUT2D eigenvalue weighted by molar-refractivity contribution is 6.14. The van der Waals surface area contributed by atoms with Crippen LogP contribution in [0.3, 0.4) is 0 Å². The largest absolute Gasteiger partial charge is 0.454 e. The highest BCUT2D eigenvalue weighted by Crippen LogP contribution is 2.41. The van der Waals surface area contributed by atoms with Gasteiger partial charge in [0.25, 0.3) is 0 Å². The first-order valence-corrected chi connectivity index (χ1v) is 21.2. The SMILES string of the molecule is c1ccc(-c2nc(-c3ccccc3)nc(-c3ccc4c(c3)oc3c(-n5c6ccccc6c6cc(-c7ccc8c(c7)c7ccccc7n8-c7ccccc7)ccc65)cccc34)n2)cc1. The van der Waals surface area contributed by atoms with Crippen LogP contribution < -0.4 is 0 Å². The van der Waals surface area contributed by atoms with Crippen molar-refractivity contribution in [2.45, 2.75) is 0 Å². The van der Waals surface area contributed by atoms with E-state index < -0.39 is 0 Å². The number of para-hydroxylation sites is 4. The number of hydrogen-bond acceptors (Lipinski definition) is 4. The number of benzene rings is 9. The van der Waals surface area contributed by atoms with E-state index in [9.17, 15) is 0 Å². The van der Waals surface area contributed by atoms with E-state index in [0.29, 0.717) is 17.5 Å². The second-order valence-corrected chi connectivity index (χ2v) is 16.0. The normalized spacial score (nSPS) is 11.8. The molecule has 13 rings (SSSR count). The van der Waals surface area contributed by atoms with Gasteiger partial charge in [-0.3, -0.25) is 0 Å². The standard InChI is InChI=1S/C57H35N5O/c1-4-15-36(16-5-1)55-58-56(37-17-6-2-7-18-37)60-57(59-55)40-27-30-44-45-23-14-26-52(54(45)63-53(44)35-40)62-49-25-13-11-22-43(49)47-34-39(29-32-51(47)62)38-28-31-50-46(33-38)42-21-10-12-24-48(42)61(50)41-19-8-3-9-20-41/h1-35H. The third kappa shape index (κ3) is 5.62. The van der Waals surface area contributed by atoms with Crippen molar-refractivity contribution >= 4 is 65.6 Å². The third-order valence-corrected chi connectivity index (χ3v) is 12.4. The van der Waals surface area contributed by atoms with Gasteiger partial charge < -0.3 is 13.6 Å². The fourth-order valence-corrected chi connectivity index (χ4v) is 9.46. The molecule has 63 heavy (non-hydrogen) atoms. The molecular weight excluding hydrogens is 771 g/mol. The van der Waals surface area contributed by atoms with Crippen LogP contribution in [0.25, 0.3) is 122 Å². The Labute approximate surface area is 361 Å². The van der Waals surface area contributed by atoms with E-state index in [1.54, 1.807) is 0 Å². The Morgan fingerprint density at radius 3 is 1.40 bits per heavy atom. The summed E-state index contributed by atoms with van der Waals surface area (Å²) in [4.78, 5) is 14.9. The van der Waals surface area contributed by atoms with Gasteiger partial charge in [0, 0.05) is 54.7 Å². The van der Waals surface area contributed by atoms with Crippen LogP contribution in [0, 0.1) is 0 Å². The summed E-state index contributed by atoms with van der Waals surface area (Å²) in [6.07, 6.45) is 0. The molecule has 13 aromatic rings. The molecule has 0 saturated carbocycles. The highest BCUT2D eigenvalue weighted by Gasteiger charge is 2.20. The minimum Gasteiger partial charge on any atom is -0.454 e. The predicted molar refractivity (Wildman–Crippen MR) is 258 cm³/mol. The van der Waals surface area contributed by atoms with E-state index in [-0.39, 0.29) is 0 Å². The lowest BCUT2D eigenvalue weighted by Gasteiger charge is -2.10. The van der Waals surface area contributed by atoms with Crippen molar-refractivity contribution < 1.29 is 4.42 Å². The number of furan rings is 1. The third-order valence-electron chi connectivity index (χ3n) is 12.4. The van der Waals surface area contributed by atoms with E-state index in [1.165, 1.54) is 43.7 Å². The van der Waals surface area contributed by atoms with Gasteiger partial charge in [-0.1, -0.05) is 146 Å². The average molecular weight is 806 g/mol. The zero-order chi connectivity index (χ0) is 41.4. The zero-order valence-corrected chi connectivity index (χ0v) is 33.9. The minimum atomic E-state index is 0.588. The summed E-state index contributed by atoms with van der Waals surface area (Å²) in [5, 5.41) is 6.92. The van der Waals surface area contributed by atoms with Crippen LogP contribution in [0.4, 0.5) is 0 Å². The second-order valence-electron chi connectivity index (χ2n) is 16.0. The number of fused-ring (bicyclic) bond motifs is 9. The van der Waals surface area contributed by atoms with Crippen molar-refractivity contribution in [3.8, 4) is 56.7 Å². The van der Waals surface area contributed by atoms with Crippen molar-refractivity contribution in [1.82, 2.24) is 24.1 Å². The van der Waals surface area contributed by atoms with Gasteiger partial charge in [-0.25, -0.2) is 15.0 Å². The van der Waals surface area contributed by atoms with E-state index in [0.717, 1.165) is 61.0 Å². The Bertz CT molecular complexity index is 3850. The fourth-order valence-electron chi connectivity index (χ4n) is 9.46. The Hall–Kier alpha value is -8.61. The quantitative estimate of drug-likeness (QED) is 0.168. The van der Waals surface area contributed by atoms with Crippen LogP contribution in [0.5, 0.6) is 0 Å². The summed E-state index contributed by atoms with van der Waals surface area (Å²) >= 11 is 0. The maximum atomic E-state index is 6.91. The summed E-state index contributed by atoms with van der Waals surface area (Å²) < 4.78 is 11.6. The second kappa shape index (κ2) is 14.0. The summed E-state index contributed by atoms with van der Waals surface area (Å²) in [5.74, 6) is 1.83. The molecule has 0 atom stereocenters. The molecule has 0 spiro atoms. The number of aromatic nitrogens is 5. The van der Waals surface area contributed by atoms with E-state index in [2.05, 4.69) is 161 Å². The highest BCUT2D eigenvalue weighted by atomic mass is 16.3. The Kier molecular flexibility index (Phi) is 7.80. The molecule has 0 fully saturated rings. The van der Waals surface area contributed by atoms with Gasteiger partial charge in [0.2, 0.25) is 0 Å². The van der Waals surface area contributed by atoms with E-state index >= 15 is 0 Å². The number of rotatable bonds is 6. The summed E-state index contributed by atoms with van der Waals surface area (Å²) in [6.45, 7) is 0. The average Bonchev–Trinajstić information content (AvgIpc) is 4.02. The van der Waals surface area contributed by atoms with Crippen LogP contribution in [-0.4, -0.2) is 24.1 Å². The molecule has 6 nitrogen and oxygen atoms in total. The van der Waals surface area contributed by atoms with Crippen molar-refractivity contribution in [1.29, 1.82) is 0 Å². The molecule has 0 aliphatic carbocycles. The molecule has 0 bridgehead atoms. The molecule has 0 radical (unpaired) electrons. The molecule has 6 heteroatoms. The van der Waals surface area contributed by atoms with Gasteiger partial charge in [-0.05, 0) is 77.9 Å². The maximum Gasteiger partial charge on any atom is 0.164 e. The summed E-state index contributed by atoms with van der Waals surface area (Å²) in [5.41, 5.74) is 13.4. The molecule has 4 heterocycles. The fraction of sp³-hybridized carbons (Fsp3) is 0.